The summed E-state index contributed by atoms with van der Waals surface area (Å²) in [6.07, 6.45) is 13.4. The largest absolute Gasteiger partial charge is 0.416 e. The molecule has 0 unspecified atom stereocenters. The minimum Gasteiger partial charge on any atom is -0.320 e. The molecule has 0 spiro atoms. The molecule has 0 radical (unpaired) electrons. The first kappa shape index (κ1) is 72.2. The summed E-state index contributed by atoms with van der Waals surface area (Å²) in [6.45, 7) is 7.84. The quantitative estimate of drug-likeness (QED) is 0.0525. The third-order valence-electron chi connectivity index (χ3n) is 17.4. The number of carbonyl (C=O) groups excluding carboxylic acids is 4. The van der Waals surface area contributed by atoms with Crippen molar-refractivity contribution in [3.8, 4) is 35.1 Å². The summed E-state index contributed by atoms with van der Waals surface area (Å²) in [5.74, 6) is 8.34. The van der Waals surface area contributed by atoms with E-state index in [0.29, 0.717) is 94.1 Å². The van der Waals surface area contributed by atoms with E-state index >= 15 is 0 Å². The molecule has 1 saturated carbocycles. The summed E-state index contributed by atoms with van der Waals surface area (Å²) in [5, 5.41) is 14.9. The van der Waals surface area contributed by atoms with Gasteiger partial charge in [-0.05, 0) is 164 Å². The Balaban J connectivity index is 0.000000141. The number of anilines is 2. The Kier molecular flexibility index (Phi) is 21.7. The number of Topliss-reactive ketones (excluding diaryl/α,β-unsaturated/α-hetero) is 2. The van der Waals surface area contributed by atoms with Crippen LogP contribution in [0.1, 0.15) is 128 Å². The number of alkyl halides is 5. The van der Waals surface area contributed by atoms with Crippen molar-refractivity contribution in [2.75, 3.05) is 43.9 Å². The summed E-state index contributed by atoms with van der Waals surface area (Å²) >= 11 is 7.30. The fourth-order valence-electron chi connectivity index (χ4n) is 11.6. The smallest absolute Gasteiger partial charge is 0.320 e. The zero-order valence-electron chi connectivity index (χ0n) is 57.3. The van der Waals surface area contributed by atoms with Crippen LogP contribution in [-0.2, 0) is 31.5 Å². The second-order valence-electron chi connectivity index (χ2n) is 25.5. The van der Waals surface area contributed by atoms with Gasteiger partial charge in [0.05, 0.1) is 53.2 Å². The zero-order valence-corrected chi connectivity index (χ0v) is 58.8. The highest BCUT2D eigenvalue weighted by molar-refractivity contribution is 7.17. The number of aryl methyl sites for hydroxylation is 1. The highest BCUT2D eigenvalue weighted by Crippen LogP contribution is 2.40. The number of nitrogens with one attached hydrogen (secondary N) is 2. The predicted octanol–water partition coefficient (Wildman–Crippen LogP) is 14.8. The van der Waals surface area contributed by atoms with Crippen molar-refractivity contribution in [1.29, 1.82) is 0 Å². The molecule has 8 heterocycles. The molecule has 19 nitrogen and oxygen atoms in total. The normalized spacial score (nSPS) is 13.1. The van der Waals surface area contributed by atoms with Gasteiger partial charge in [0.2, 0.25) is 0 Å². The van der Waals surface area contributed by atoms with Crippen LogP contribution in [0.3, 0.4) is 0 Å². The van der Waals surface area contributed by atoms with E-state index in [2.05, 4.69) is 86.3 Å². The number of nitrogens with zero attached hydrogens (tertiary/aromatic N) is 13. The molecule has 7 aromatic heterocycles. The lowest BCUT2D eigenvalue weighted by Crippen LogP contribution is -2.43. The van der Waals surface area contributed by atoms with Crippen LogP contribution in [0.2, 0.25) is 5.02 Å². The molecule has 0 bridgehead atoms. The molecule has 6 aromatic carbocycles. The van der Waals surface area contributed by atoms with Gasteiger partial charge in [-0.3, -0.25) is 29.4 Å². The SMILES string of the molecule is CC(F)(F)c1cc(CC(=O)c2cccc(C#Cc3cnc4cccnn34)c2)cc(-n2ccnc2)c1.Cc1cccc(Cl)c1NC(=O)c1cnc(NC(=O)c2ccc(CN3CCN(C)CC3)cc2)s1.O=C(Cc1cc(-n2cnc(C3CC3)c2)cc(C(F)(F)F)c1)c1cccc(C#Cc2cnc3cccnn23)c1. The number of piperazine rings is 1. The maximum atomic E-state index is 14.1. The average Bonchev–Trinajstić information content (AvgIpc) is 1.48. The number of hydrogen-bond donors (Lipinski definition) is 2. The summed E-state index contributed by atoms with van der Waals surface area (Å²) in [7, 11) is 2.14. The van der Waals surface area contributed by atoms with Crippen LogP contribution in [-0.4, -0.2) is 120 Å². The van der Waals surface area contributed by atoms with E-state index in [1.165, 1.54) is 36.5 Å². The monoisotopic (exact) mass is 1460 g/mol. The molecule has 2 fully saturated rings. The highest BCUT2D eigenvalue weighted by atomic mass is 35.5. The van der Waals surface area contributed by atoms with Crippen LogP contribution in [0.4, 0.5) is 32.8 Å². The Bertz CT molecular complexity index is 5510. The molecule has 1 aliphatic heterocycles. The molecule has 26 heteroatoms. The fourth-order valence-corrected chi connectivity index (χ4v) is 12.5. The molecule has 2 aliphatic rings. The van der Waals surface area contributed by atoms with E-state index in [1.54, 1.807) is 140 Å². The molecule has 13 aromatic rings. The number of ketones is 2. The summed E-state index contributed by atoms with van der Waals surface area (Å²) in [4.78, 5) is 77.5. The Hall–Kier alpha value is -12.1. The number of para-hydroxylation sites is 1. The lowest BCUT2D eigenvalue weighted by molar-refractivity contribution is -0.137. The van der Waals surface area contributed by atoms with Crippen molar-refractivity contribution in [1.82, 2.24) is 63.1 Å². The van der Waals surface area contributed by atoms with Crippen molar-refractivity contribution in [2.24, 2.45) is 0 Å². The topological polar surface area (TPSA) is 208 Å². The molecule has 106 heavy (non-hydrogen) atoms. The highest BCUT2D eigenvalue weighted by Gasteiger charge is 2.33. The van der Waals surface area contributed by atoms with Gasteiger partial charge in [0.1, 0.15) is 16.3 Å². The van der Waals surface area contributed by atoms with Crippen molar-refractivity contribution in [3.63, 3.8) is 0 Å². The number of aromatic nitrogens is 11. The Morgan fingerprint density at radius 1 is 0.585 bits per heavy atom. The number of likely N-dealkylation sites (N-methyl/N-ethyl adjacent to an activating group) is 1. The first-order valence-electron chi connectivity index (χ1n) is 33.6. The van der Waals surface area contributed by atoms with Crippen molar-refractivity contribution < 1.29 is 41.1 Å². The maximum absolute atomic E-state index is 14.1. The first-order valence-corrected chi connectivity index (χ1v) is 34.8. The van der Waals surface area contributed by atoms with Crippen LogP contribution in [0.5, 0.6) is 0 Å². The number of rotatable bonds is 16. The number of halogens is 6. The van der Waals surface area contributed by atoms with Gasteiger partial charge in [-0.15, -0.1) is 0 Å². The molecule has 2 amide bonds. The van der Waals surface area contributed by atoms with Crippen LogP contribution in [0, 0.1) is 30.6 Å². The number of carbonyl (C=O) groups is 4. The van der Waals surface area contributed by atoms with Crippen molar-refractivity contribution in [2.45, 2.75) is 64.1 Å². The second kappa shape index (κ2) is 31.9. The number of amides is 2. The molecule has 0 atom stereocenters. The van der Waals surface area contributed by atoms with E-state index in [1.807, 2.05) is 55.5 Å². The van der Waals surface area contributed by atoms with Gasteiger partial charge in [0, 0.05) is 134 Å². The van der Waals surface area contributed by atoms with Crippen molar-refractivity contribution >= 4 is 68.4 Å². The van der Waals surface area contributed by atoms with Crippen LogP contribution < -0.4 is 10.6 Å². The number of benzene rings is 6. The van der Waals surface area contributed by atoms with Gasteiger partial charge in [0.25, 0.3) is 17.7 Å². The summed E-state index contributed by atoms with van der Waals surface area (Å²) in [6, 6.07) is 42.1. The van der Waals surface area contributed by atoms with E-state index < -0.39 is 17.7 Å². The Morgan fingerprint density at radius 3 is 1.75 bits per heavy atom. The van der Waals surface area contributed by atoms with Crippen molar-refractivity contribution in [3.05, 3.63) is 302 Å². The van der Waals surface area contributed by atoms with E-state index in [0.717, 1.165) is 87.2 Å². The fraction of sp³-hybridized carbons (Fsp3) is 0.188. The Labute approximate surface area is 614 Å². The van der Waals surface area contributed by atoms with Gasteiger partial charge in [-0.1, -0.05) is 83.3 Å². The van der Waals surface area contributed by atoms with Gasteiger partial charge >= 0.3 is 6.18 Å². The molecule has 15 rings (SSSR count). The zero-order chi connectivity index (χ0) is 74.1. The standard InChI is InChI=1S/C29H20F3N5O.C27H19F2N5O.C24H26ClN5O2S/c30-29(31,32)23-12-20(13-25(15-23)36-17-26(34-18-36)21-7-8-21)14-27(38)22-4-1-3-19(11-22)6-9-24-16-33-28-5-2-10-35-37(24)28;1-27(28,29)22-13-20(14-24(16-22)33-11-10-30-18-33)15-25(35)21-5-2-4-19(12-21)7-8-23-17-31-26-6-3-9-32-34(23)26;1-16-4-3-5-19(25)21(16)27-23(32)20-14-26-24(33-20)28-22(31)18-8-6-17(7-9-18)15-30-12-10-29(2)11-13-30/h1-5,10-13,15-18,21H,7-8,14H2;2-6,9-14,16-18H,15H2,1H3;3-9,14H,10-13,15H2,1-2H3,(H,27,32)(H,26,28,31). The van der Waals surface area contributed by atoms with E-state index in [4.69, 9.17) is 11.6 Å². The van der Waals surface area contributed by atoms with Crippen LogP contribution in [0.15, 0.2) is 214 Å². The number of imidazole rings is 4. The molecule has 1 aliphatic carbocycles. The maximum Gasteiger partial charge on any atom is 0.416 e. The molecular formula is C80H65ClF5N15O4S. The average molecular weight is 1460 g/mol. The van der Waals surface area contributed by atoms with Gasteiger partial charge in [-0.2, -0.15) is 23.4 Å². The minimum absolute atomic E-state index is 0.0281. The third-order valence-corrected chi connectivity index (χ3v) is 18.7. The third kappa shape index (κ3) is 18.3. The first-order chi connectivity index (χ1) is 51.1. The lowest BCUT2D eigenvalue weighted by atomic mass is 9.98. The summed E-state index contributed by atoms with van der Waals surface area (Å²) in [5.41, 5.74) is 9.31. The molecule has 532 valence electrons. The molecular weight excluding hydrogens is 1400 g/mol. The number of thiazole rings is 1. The molecule has 1 saturated heterocycles. The predicted molar refractivity (Wildman–Crippen MR) is 394 cm³/mol. The van der Waals surface area contributed by atoms with Crippen LogP contribution in [0.25, 0.3) is 22.7 Å². The Morgan fingerprint density at radius 2 is 1.18 bits per heavy atom. The number of fused-ring (bicyclic) bond motifs is 2. The van der Waals surface area contributed by atoms with E-state index in [9.17, 15) is 41.1 Å². The van der Waals surface area contributed by atoms with Gasteiger partial charge in [0.15, 0.2) is 28.0 Å². The number of hydrogen-bond acceptors (Lipinski definition) is 14. The lowest BCUT2D eigenvalue weighted by Gasteiger charge is -2.32. The van der Waals surface area contributed by atoms with Gasteiger partial charge in [-0.25, -0.2) is 42.7 Å². The second-order valence-corrected chi connectivity index (χ2v) is 26.9. The van der Waals surface area contributed by atoms with Crippen LogP contribution >= 0.6 is 22.9 Å². The summed E-state index contributed by atoms with van der Waals surface area (Å²) < 4.78 is 75.8. The molecule has 2 N–H and O–H groups in total. The minimum atomic E-state index is -4.55. The van der Waals surface area contributed by atoms with Gasteiger partial charge < -0.3 is 19.4 Å². The van der Waals surface area contributed by atoms with E-state index in [-0.39, 0.29) is 47.3 Å².